The number of nitrogens with zero attached hydrogens (tertiary/aromatic N) is 2. The van der Waals surface area contributed by atoms with Gasteiger partial charge in [0.2, 0.25) is 0 Å². The highest BCUT2D eigenvalue weighted by Gasteiger charge is 2.25. The molecule has 0 spiro atoms. The quantitative estimate of drug-likeness (QED) is 0.805. The molecule has 0 N–H and O–H groups in total. The first-order valence-electron chi connectivity index (χ1n) is 5.59. The van der Waals surface area contributed by atoms with Gasteiger partial charge in [0.25, 0.3) is 0 Å². The van der Waals surface area contributed by atoms with E-state index >= 15 is 0 Å². The van der Waals surface area contributed by atoms with Gasteiger partial charge in [0.1, 0.15) is 10.4 Å². The Balaban J connectivity index is 2.48. The van der Waals surface area contributed by atoms with E-state index in [0.717, 1.165) is 25.6 Å². The predicted octanol–water partition coefficient (Wildman–Crippen LogP) is 4.68. The summed E-state index contributed by atoms with van der Waals surface area (Å²) in [7, 11) is 0. The van der Waals surface area contributed by atoms with Crippen molar-refractivity contribution in [1.29, 1.82) is 5.26 Å². The predicted molar refractivity (Wildman–Crippen MR) is 78.6 cm³/mol. The van der Waals surface area contributed by atoms with Crippen molar-refractivity contribution in [2.75, 3.05) is 0 Å². The van der Waals surface area contributed by atoms with Crippen LogP contribution in [0.5, 0.6) is 0 Å². The Morgan fingerprint density at radius 1 is 1.28 bits per heavy atom. The summed E-state index contributed by atoms with van der Waals surface area (Å²) in [5.74, 6) is 0. The lowest BCUT2D eigenvalue weighted by atomic mass is 9.97. The van der Waals surface area contributed by atoms with Crippen LogP contribution in [-0.2, 0) is 5.41 Å². The van der Waals surface area contributed by atoms with E-state index in [1.54, 1.807) is 11.3 Å². The van der Waals surface area contributed by atoms with Crippen molar-refractivity contribution in [3.05, 3.63) is 38.6 Å². The van der Waals surface area contributed by atoms with E-state index in [4.69, 9.17) is 5.26 Å². The van der Waals surface area contributed by atoms with E-state index in [-0.39, 0.29) is 0 Å². The average molecular weight is 321 g/mol. The van der Waals surface area contributed by atoms with E-state index in [9.17, 15) is 0 Å². The van der Waals surface area contributed by atoms with Gasteiger partial charge in [-0.3, -0.25) is 0 Å². The lowest BCUT2D eigenvalue weighted by Crippen LogP contribution is -2.13. The highest BCUT2D eigenvalue weighted by Crippen LogP contribution is 2.34. The maximum atomic E-state index is 9.17. The molecule has 0 aliphatic carbocycles. The van der Waals surface area contributed by atoms with Crippen LogP contribution >= 0.6 is 27.3 Å². The summed E-state index contributed by atoms with van der Waals surface area (Å²) < 4.78 is 1.05. The van der Waals surface area contributed by atoms with Crippen molar-refractivity contribution in [1.82, 2.24) is 4.98 Å². The molecule has 2 aromatic rings. The molecule has 0 radical (unpaired) electrons. The number of thiazole rings is 1. The number of nitriles is 1. The van der Waals surface area contributed by atoms with Crippen LogP contribution in [0, 0.1) is 18.3 Å². The fourth-order valence-corrected chi connectivity index (χ4v) is 2.84. The molecule has 1 aromatic carbocycles. The fourth-order valence-electron chi connectivity index (χ4n) is 1.59. The lowest BCUT2D eigenvalue weighted by molar-refractivity contribution is 0.680. The van der Waals surface area contributed by atoms with E-state index in [0.29, 0.717) is 0 Å². The van der Waals surface area contributed by atoms with Gasteiger partial charge in [-0.05, 0) is 32.9 Å². The van der Waals surface area contributed by atoms with E-state index in [1.165, 1.54) is 0 Å². The Morgan fingerprint density at radius 2 is 1.89 bits per heavy atom. The second kappa shape index (κ2) is 4.83. The molecule has 2 rings (SSSR count). The average Bonchev–Trinajstić information content (AvgIpc) is 2.73. The van der Waals surface area contributed by atoms with Crippen LogP contribution in [0.25, 0.3) is 11.3 Å². The number of rotatable bonds is 2. The first-order chi connectivity index (χ1) is 8.44. The Morgan fingerprint density at radius 3 is 2.44 bits per heavy atom. The molecule has 2 nitrogen and oxygen atoms in total. The van der Waals surface area contributed by atoms with Crippen molar-refractivity contribution in [2.24, 2.45) is 0 Å². The van der Waals surface area contributed by atoms with Crippen LogP contribution in [0.15, 0.2) is 28.7 Å². The van der Waals surface area contributed by atoms with E-state index in [2.05, 4.69) is 27.0 Å². The molecule has 0 fully saturated rings. The summed E-state index contributed by atoms with van der Waals surface area (Å²) in [6.07, 6.45) is 0. The van der Waals surface area contributed by atoms with Gasteiger partial charge in [0.05, 0.1) is 11.8 Å². The molecule has 0 aliphatic rings. The van der Waals surface area contributed by atoms with E-state index < -0.39 is 5.41 Å². The van der Waals surface area contributed by atoms with Crippen molar-refractivity contribution in [3.63, 3.8) is 0 Å². The zero-order chi connectivity index (χ0) is 13.3. The molecule has 1 aromatic heterocycles. The van der Waals surface area contributed by atoms with Gasteiger partial charge in [-0.2, -0.15) is 5.26 Å². The van der Waals surface area contributed by atoms with Gasteiger partial charge in [0.15, 0.2) is 0 Å². The highest BCUT2D eigenvalue weighted by molar-refractivity contribution is 9.10. The molecule has 92 valence electrons. The largest absolute Gasteiger partial charge is 0.239 e. The van der Waals surface area contributed by atoms with Crippen LogP contribution in [0.3, 0.4) is 0 Å². The summed E-state index contributed by atoms with van der Waals surface area (Å²) in [5.41, 5.74) is 1.54. The second-order valence-corrected chi connectivity index (χ2v) is 6.79. The van der Waals surface area contributed by atoms with Crippen LogP contribution in [0.1, 0.15) is 23.7 Å². The molecule has 0 atom stereocenters. The highest BCUT2D eigenvalue weighted by atomic mass is 79.9. The standard InChI is InChI=1S/C14H13BrN2S/c1-9-12(10-4-6-11(15)7-5-10)17-13(18-9)14(2,3)8-16/h4-7H,1-3H3. The molecular formula is C14H13BrN2S. The number of hydrogen-bond acceptors (Lipinski definition) is 3. The third-order valence-corrected chi connectivity index (χ3v) is 4.55. The molecule has 18 heavy (non-hydrogen) atoms. The van der Waals surface area contributed by atoms with Gasteiger partial charge in [-0.1, -0.05) is 28.1 Å². The second-order valence-electron chi connectivity index (χ2n) is 4.67. The van der Waals surface area contributed by atoms with Gasteiger partial charge < -0.3 is 0 Å². The Hall–Kier alpha value is -1.18. The molecule has 0 bridgehead atoms. The van der Waals surface area contributed by atoms with Crippen molar-refractivity contribution >= 4 is 27.3 Å². The van der Waals surface area contributed by atoms with Gasteiger partial charge in [-0.15, -0.1) is 11.3 Å². The minimum atomic E-state index is -0.525. The number of benzene rings is 1. The molecule has 0 saturated carbocycles. The number of aryl methyl sites for hydroxylation is 1. The number of hydrogen-bond donors (Lipinski definition) is 0. The number of aromatic nitrogens is 1. The molecule has 0 saturated heterocycles. The van der Waals surface area contributed by atoms with Crippen LogP contribution in [-0.4, -0.2) is 4.98 Å². The van der Waals surface area contributed by atoms with Crippen molar-refractivity contribution < 1.29 is 0 Å². The SMILES string of the molecule is Cc1sc(C(C)(C)C#N)nc1-c1ccc(Br)cc1. The van der Waals surface area contributed by atoms with Crippen LogP contribution < -0.4 is 0 Å². The maximum Gasteiger partial charge on any atom is 0.113 e. The van der Waals surface area contributed by atoms with Gasteiger partial charge in [0, 0.05) is 14.9 Å². The molecular weight excluding hydrogens is 308 g/mol. The Bertz CT molecular complexity index is 606. The van der Waals surface area contributed by atoms with Gasteiger partial charge >= 0.3 is 0 Å². The Kier molecular flexibility index (Phi) is 3.56. The molecule has 0 amide bonds. The summed E-state index contributed by atoms with van der Waals surface area (Å²) in [5, 5.41) is 10.0. The lowest BCUT2D eigenvalue weighted by Gasteiger charge is -2.09. The normalized spacial score (nSPS) is 11.3. The minimum Gasteiger partial charge on any atom is -0.239 e. The summed E-state index contributed by atoms with van der Waals surface area (Å²) in [6, 6.07) is 10.4. The van der Waals surface area contributed by atoms with Crippen LogP contribution in [0.2, 0.25) is 0 Å². The van der Waals surface area contributed by atoms with Crippen molar-refractivity contribution in [2.45, 2.75) is 26.2 Å². The van der Waals surface area contributed by atoms with Crippen molar-refractivity contribution in [3.8, 4) is 17.3 Å². The zero-order valence-corrected chi connectivity index (χ0v) is 12.9. The third kappa shape index (κ3) is 2.47. The smallest absolute Gasteiger partial charge is 0.113 e. The fraction of sp³-hybridized carbons (Fsp3) is 0.286. The summed E-state index contributed by atoms with van der Waals surface area (Å²) in [4.78, 5) is 5.78. The first kappa shape index (κ1) is 13.3. The van der Waals surface area contributed by atoms with Gasteiger partial charge in [-0.25, -0.2) is 4.98 Å². The molecule has 0 aliphatic heterocycles. The summed E-state index contributed by atoms with van der Waals surface area (Å²) >= 11 is 5.02. The topological polar surface area (TPSA) is 36.7 Å². The van der Waals surface area contributed by atoms with Crippen LogP contribution in [0.4, 0.5) is 0 Å². The Labute approximate surface area is 119 Å². The number of halogens is 1. The molecule has 4 heteroatoms. The maximum absolute atomic E-state index is 9.17. The monoisotopic (exact) mass is 320 g/mol. The first-order valence-corrected chi connectivity index (χ1v) is 7.20. The third-order valence-electron chi connectivity index (χ3n) is 2.73. The molecule has 0 unspecified atom stereocenters. The summed E-state index contributed by atoms with van der Waals surface area (Å²) in [6.45, 7) is 5.85. The zero-order valence-electron chi connectivity index (χ0n) is 10.5. The van der Waals surface area contributed by atoms with E-state index in [1.807, 2.05) is 45.0 Å². The molecule has 1 heterocycles. The minimum absolute atomic E-state index is 0.525.